The fourth-order valence-electron chi connectivity index (χ4n) is 2.30. The highest BCUT2D eigenvalue weighted by molar-refractivity contribution is 7.15. The van der Waals surface area contributed by atoms with Crippen LogP contribution in [0.25, 0.3) is 0 Å². The van der Waals surface area contributed by atoms with Crippen LogP contribution in [0, 0.1) is 0 Å². The van der Waals surface area contributed by atoms with Gasteiger partial charge in [-0.2, -0.15) is 0 Å². The first-order valence-corrected chi connectivity index (χ1v) is 8.35. The minimum atomic E-state index is 0.453. The molecular formula is C17H25N3S. The van der Waals surface area contributed by atoms with Gasteiger partial charge in [0.1, 0.15) is 0 Å². The molecule has 114 valence electrons. The Morgan fingerprint density at radius 1 is 1.24 bits per heavy atom. The first-order chi connectivity index (χ1) is 10.1. The van der Waals surface area contributed by atoms with Crippen molar-refractivity contribution in [1.82, 2.24) is 10.3 Å². The molecule has 1 aromatic carbocycles. The number of nitrogens with zero attached hydrogens (tertiary/aromatic N) is 2. The van der Waals surface area contributed by atoms with Gasteiger partial charge in [-0.15, -0.1) is 0 Å². The van der Waals surface area contributed by atoms with E-state index < -0.39 is 0 Å². The van der Waals surface area contributed by atoms with Crippen LogP contribution < -0.4 is 10.2 Å². The molecule has 0 bridgehead atoms. The number of thiazole rings is 1. The minimum Gasteiger partial charge on any atom is -0.321 e. The second-order valence-electron chi connectivity index (χ2n) is 5.57. The maximum atomic E-state index is 4.85. The molecule has 3 nitrogen and oxygen atoms in total. The number of hydrogen-bond acceptors (Lipinski definition) is 4. The lowest BCUT2D eigenvalue weighted by Crippen LogP contribution is -2.09. The van der Waals surface area contributed by atoms with Gasteiger partial charge in [-0.1, -0.05) is 44.2 Å². The van der Waals surface area contributed by atoms with Crippen LogP contribution in [-0.4, -0.2) is 19.1 Å². The molecule has 2 rings (SSSR count). The van der Waals surface area contributed by atoms with Crippen LogP contribution in [0.15, 0.2) is 24.3 Å². The summed E-state index contributed by atoms with van der Waals surface area (Å²) in [6.07, 6.45) is 1.07. The molecule has 0 fully saturated rings. The quantitative estimate of drug-likeness (QED) is 0.861. The topological polar surface area (TPSA) is 28.2 Å². The summed E-state index contributed by atoms with van der Waals surface area (Å²) in [5.41, 5.74) is 3.76. The van der Waals surface area contributed by atoms with Crippen molar-refractivity contribution in [1.29, 1.82) is 0 Å². The number of rotatable bonds is 6. The van der Waals surface area contributed by atoms with Crippen molar-refractivity contribution >= 4 is 22.2 Å². The highest BCUT2D eigenvalue weighted by Crippen LogP contribution is 2.33. The molecule has 0 spiro atoms. The van der Waals surface area contributed by atoms with Crippen molar-refractivity contribution in [3.8, 4) is 0 Å². The Labute approximate surface area is 132 Å². The monoisotopic (exact) mass is 303 g/mol. The summed E-state index contributed by atoms with van der Waals surface area (Å²) in [4.78, 5) is 8.36. The minimum absolute atomic E-state index is 0.453. The van der Waals surface area contributed by atoms with Gasteiger partial charge in [-0.25, -0.2) is 4.98 Å². The lowest BCUT2D eigenvalue weighted by Gasteiger charge is -2.16. The predicted molar refractivity (Wildman–Crippen MR) is 92.8 cm³/mol. The molecule has 0 amide bonds. The van der Waals surface area contributed by atoms with E-state index in [-0.39, 0.29) is 0 Å². The molecule has 4 heteroatoms. The van der Waals surface area contributed by atoms with Crippen LogP contribution in [-0.2, 0) is 13.0 Å². The molecule has 0 aliphatic rings. The molecule has 0 aliphatic heterocycles. The Kier molecular flexibility index (Phi) is 5.37. The molecule has 0 radical (unpaired) electrons. The van der Waals surface area contributed by atoms with Gasteiger partial charge < -0.3 is 10.2 Å². The Bertz CT molecular complexity index is 572. The number of aromatic nitrogens is 1. The van der Waals surface area contributed by atoms with E-state index in [1.807, 2.05) is 7.05 Å². The maximum absolute atomic E-state index is 4.85. The van der Waals surface area contributed by atoms with Crippen molar-refractivity contribution in [3.63, 3.8) is 0 Å². The Morgan fingerprint density at radius 2 is 1.90 bits per heavy atom. The van der Waals surface area contributed by atoms with E-state index in [1.54, 1.807) is 11.3 Å². The van der Waals surface area contributed by atoms with Gasteiger partial charge in [-0.05, 0) is 37.1 Å². The van der Waals surface area contributed by atoms with E-state index in [4.69, 9.17) is 4.98 Å². The first-order valence-electron chi connectivity index (χ1n) is 7.53. The van der Waals surface area contributed by atoms with Gasteiger partial charge in [0.15, 0.2) is 5.13 Å². The summed E-state index contributed by atoms with van der Waals surface area (Å²) >= 11 is 1.78. The molecule has 0 atom stereocenters. The van der Waals surface area contributed by atoms with Crippen LogP contribution in [0.1, 0.15) is 42.8 Å². The van der Waals surface area contributed by atoms with Gasteiger partial charge in [-0.3, -0.25) is 0 Å². The van der Waals surface area contributed by atoms with Gasteiger partial charge in [0.25, 0.3) is 0 Å². The second-order valence-corrected chi connectivity index (χ2v) is 6.63. The molecule has 1 aromatic heterocycles. The van der Waals surface area contributed by atoms with Crippen LogP contribution in [0.5, 0.6) is 0 Å². The van der Waals surface area contributed by atoms with Gasteiger partial charge in [0.05, 0.1) is 5.69 Å². The number of nitrogens with one attached hydrogen (secondary N) is 1. The van der Waals surface area contributed by atoms with E-state index in [2.05, 4.69) is 62.3 Å². The summed E-state index contributed by atoms with van der Waals surface area (Å²) in [7, 11) is 4.07. The summed E-state index contributed by atoms with van der Waals surface area (Å²) in [5.74, 6) is 0.453. The fraction of sp³-hybridized carbons (Fsp3) is 0.471. The standard InChI is InChI=1S/C17H25N3S/c1-6-13-7-9-14(10-8-13)20(5)17-19-16(12(2)3)15(21-17)11-18-4/h7-10,12,18H,6,11H2,1-5H3. The summed E-state index contributed by atoms with van der Waals surface area (Å²) < 4.78 is 0. The number of anilines is 2. The zero-order valence-corrected chi connectivity index (χ0v) is 14.4. The summed E-state index contributed by atoms with van der Waals surface area (Å²) in [5, 5.41) is 4.30. The van der Waals surface area contributed by atoms with Crippen molar-refractivity contribution in [3.05, 3.63) is 40.4 Å². The Hall–Kier alpha value is -1.39. The zero-order valence-electron chi connectivity index (χ0n) is 13.6. The van der Waals surface area contributed by atoms with Crippen LogP contribution >= 0.6 is 11.3 Å². The van der Waals surface area contributed by atoms with E-state index >= 15 is 0 Å². The second kappa shape index (κ2) is 7.05. The normalized spacial score (nSPS) is 11.1. The van der Waals surface area contributed by atoms with E-state index in [0.717, 1.165) is 18.1 Å². The molecular weight excluding hydrogens is 278 g/mol. The highest BCUT2D eigenvalue weighted by atomic mass is 32.1. The average Bonchev–Trinajstić information content (AvgIpc) is 2.91. The third kappa shape index (κ3) is 3.63. The Balaban J connectivity index is 2.29. The molecule has 1 heterocycles. The lowest BCUT2D eigenvalue weighted by atomic mass is 10.1. The van der Waals surface area contributed by atoms with Crippen LogP contribution in [0.4, 0.5) is 10.8 Å². The summed E-state index contributed by atoms with van der Waals surface area (Å²) in [6.45, 7) is 7.47. The van der Waals surface area contributed by atoms with Crippen molar-refractivity contribution in [2.75, 3.05) is 19.0 Å². The average molecular weight is 303 g/mol. The highest BCUT2D eigenvalue weighted by Gasteiger charge is 2.16. The summed E-state index contributed by atoms with van der Waals surface area (Å²) in [6, 6.07) is 8.73. The largest absolute Gasteiger partial charge is 0.321 e. The van der Waals surface area contributed by atoms with Crippen molar-refractivity contribution in [2.24, 2.45) is 0 Å². The molecule has 0 aliphatic carbocycles. The fourth-order valence-corrected chi connectivity index (χ4v) is 3.51. The van der Waals surface area contributed by atoms with Gasteiger partial charge in [0.2, 0.25) is 0 Å². The van der Waals surface area contributed by atoms with Gasteiger partial charge in [0, 0.05) is 24.2 Å². The SMILES string of the molecule is CCc1ccc(N(C)c2nc(C(C)C)c(CNC)s2)cc1. The zero-order chi connectivity index (χ0) is 15.4. The van der Waals surface area contributed by atoms with E-state index in [0.29, 0.717) is 5.92 Å². The molecule has 1 N–H and O–H groups in total. The third-order valence-electron chi connectivity index (χ3n) is 3.62. The molecule has 2 aromatic rings. The molecule has 0 unspecified atom stereocenters. The lowest BCUT2D eigenvalue weighted by molar-refractivity contribution is 0.770. The van der Waals surface area contributed by atoms with Crippen molar-refractivity contribution < 1.29 is 0 Å². The van der Waals surface area contributed by atoms with E-state index in [9.17, 15) is 0 Å². The van der Waals surface area contributed by atoms with Gasteiger partial charge >= 0.3 is 0 Å². The molecule has 0 saturated heterocycles. The molecule has 21 heavy (non-hydrogen) atoms. The van der Waals surface area contributed by atoms with Crippen LogP contribution in [0.3, 0.4) is 0 Å². The molecule has 0 saturated carbocycles. The van der Waals surface area contributed by atoms with Crippen LogP contribution in [0.2, 0.25) is 0 Å². The number of benzene rings is 1. The Morgan fingerprint density at radius 3 is 2.43 bits per heavy atom. The number of aryl methyl sites for hydroxylation is 1. The maximum Gasteiger partial charge on any atom is 0.190 e. The predicted octanol–water partition coefficient (Wildman–Crippen LogP) is 4.32. The van der Waals surface area contributed by atoms with Crippen molar-refractivity contribution in [2.45, 2.75) is 39.7 Å². The first kappa shape index (κ1) is 16.0. The third-order valence-corrected chi connectivity index (χ3v) is 4.77. The van der Waals surface area contributed by atoms with E-state index in [1.165, 1.54) is 21.8 Å². The number of hydrogen-bond donors (Lipinski definition) is 1. The smallest absolute Gasteiger partial charge is 0.190 e.